The van der Waals surface area contributed by atoms with E-state index in [1.54, 1.807) is 12.7 Å². The summed E-state index contributed by atoms with van der Waals surface area (Å²) >= 11 is 0. The molecule has 1 fully saturated rings. The number of methoxy groups -OCH3 is 1. The fourth-order valence-electron chi connectivity index (χ4n) is 5.91. The maximum atomic E-state index is 5.57. The number of rotatable bonds is 1. The van der Waals surface area contributed by atoms with Crippen LogP contribution < -0.4 is 4.74 Å². The molecule has 0 radical (unpaired) electrons. The Labute approximate surface area is 150 Å². The molecule has 0 spiro atoms. The zero-order valence-electron chi connectivity index (χ0n) is 15.9. The zero-order chi connectivity index (χ0) is 17.6. The fourth-order valence-corrected chi connectivity index (χ4v) is 5.91. The molecular weight excluding hydrogens is 306 g/mol. The Kier molecular flexibility index (Phi) is 2.77. The van der Waals surface area contributed by atoms with Crippen LogP contribution >= 0.6 is 0 Å². The van der Waals surface area contributed by atoms with Gasteiger partial charge in [-0.2, -0.15) is 0 Å². The van der Waals surface area contributed by atoms with Crippen molar-refractivity contribution >= 4 is 0 Å². The summed E-state index contributed by atoms with van der Waals surface area (Å²) in [5.41, 5.74) is 6.22. The van der Waals surface area contributed by atoms with Gasteiger partial charge in [0.25, 0.3) is 0 Å². The summed E-state index contributed by atoms with van der Waals surface area (Å²) in [6.07, 6.45) is 2.52. The average Bonchev–Trinajstić information content (AvgIpc) is 3.24. The Balaban J connectivity index is 1.87. The molecule has 130 valence electrons. The highest BCUT2D eigenvalue weighted by atomic mass is 16.5. The summed E-state index contributed by atoms with van der Waals surface area (Å²) in [5.74, 6) is 1.72. The number of nitrogens with zero attached hydrogens (tertiary/aromatic N) is 1. The third-order valence-electron chi connectivity index (χ3n) is 7.86. The number of ether oxygens (including phenoxy) is 1. The molecule has 4 unspecified atom stereocenters. The molecule has 1 saturated carbocycles. The van der Waals surface area contributed by atoms with E-state index in [1.807, 2.05) is 0 Å². The highest BCUT2D eigenvalue weighted by molar-refractivity contribution is 5.58. The topological polar surface area (TPSA) is 12.5 Å². The van der Waals surface area contributed by atoms with Crippen LogP contribution in [0.3, 0.4) is 0 Å². The molecule has 2 bridgehead atoms. The largest absolute Gasteiger partial charge is 0.497 e. The van der Waals surface area contributed by atoms with E-state index in [-0.39, 0.29) is 11.1 Å². The van der Waals surface area contributed by atoms with Gasteiger partial charge >= 0.3 is 0 Å². The lowest BCUT2D eigenvalue weighted by atomic mass is 9.77. The Morgan fingerprint density at radius 2 is 1.60 bits per heavy atom. The molecule has 3 aliphatic rings. The first-order valence-electron chi connectivity index (χ1n) is 9.38. The maximum absolute atomic E-state index is 5.57. The van der Waals surface area contributed by atoms with E-state index in [0.717, 1.165) is 11.7 Å². The van der Waals surface area contributed by atoms with Crippen LogP contribution in [0, 0.1) is 5.92 Å². The van der Waals surface area contributed by atoms with Gasteiger partial charge in [-0.1, -0.05) is 37.3 Å². The first-order valence-corrected chi connectivity index (χ1v) is 9.38. The van der Waals surface area contributed by atoms with Crippen LogP contribution in [-0.2, 0) is 16.5 Å². The number of hydrogen-bond donors (Lipinski definition) is 0. The van der Waals surface area contributed by atoms with Crippen molar-refractivity contribution in [2.75, 3.05) is 14.2 Å². The molecule has 2 aromatic carbocycles. The Morgan fingerprint density at radius 1 is 0.920 bits per heavy atom. The minimum Gasteiger partial charge on any atom is -0.497 e. The van der Waals surface area contributed by atoms with Gasteiger partial charge in [-0.15, -0.1) is 0 Å². The Hall–Kier alpha value is -1.80. The van der Waals surface area contributed by atoms with Crippen LogP contribution in [0.15, 0.2) is 42.5 Å². The summed E-state index contributed by atoms with van der Waals surface area (Å²) in [4.78, 5) is 2.63. The van der Waals surface area contributed by atoms with Crippen LogP contribution in [-0.4, -0.2) is 19.1 Å². The summed E-state index contributed by atoms with van der Waals surface area (Å²) < 4.78 is 5.57. The molecule has 0 amide bonds. The van der Waals surface area contributed by atoms with Crippen molar-refractivity contribution < 1.29 is 4.74 Å². The van der Waals surface area contributed by atoms with E-state index in [2.05, 4.69) is 75.2 Å². The highest BCUT2D eigenvalue weighted by Crippen LogP contribution is 2.66. The molecule has 5 rings (SSSR count). The molecule has 2 heteroatoms. The van der Waals surface area contributed by atoms with Crippen LogP contribution in [0.2, 0.25) is 0 Å². The predicted molar refractivity (Wildman–Crippen MR) is 101 cm³/mol. The lowest BCUT2D eigenvalue weighted by Gasteiger charge is -2.45. The van der Waals surface area contributed by atoms with Crippen LogP contribution in [0.4, 0.5) is 0 Å². The molecule has 2 nitrogen and oxygen atoms in total. The zero-order valence-corrected chi connectivity index (χ0v) is 15.9. The minimum atomic E-state index is -0.0937. The molecule has 4 atom stereocenters. The van der Waals surface area contributed by atoms with Crippen molar-refractivity contribution in [3.63, 3.8) is 0 Å². The van der Waals surface area contributed by atoms with Crippen molar-refractivity contribution in [2.24, 2.45) is 5.92 Å². The highest BCUT2D eigenvalue weighted by Gasteiger charge is 2.63. The van der Waals surface area contributed by atoms with Gasteiger partial charge in [-0.3, -0.25) is 4.90 Å². The summed E-state index contributed by atoms with van der Waals surface area (Å²) in [6, 6.07) is 15.9. The number of hydrogen-bond acceptors (Lipinski definition) is 2. The van der Waals surface area contributed by atoms with Crippen molar-refractivity contribution in [1.29, 1.82) is 0 Å². The molecular formula is C23H27NO. The Morgan fingerprint density at radius 3 is 2.32 bits per heavy atom. The Bertz CT molecular complexity index is 889. The van der Waals surface area contributed by atoms with Crippen LogP contribution in [0.5, 0.6) is 5.75 Å². The first-order chi connectivity index (χ1) is 11.9. The molecule has 2 aromatic rings. The van der Waals surface area contributed by atoms with Crippen LogP contribution in [0.25, 0.3) is 0 Å². The molecule has 0 N–H and O–H groups in total. The average molecular weight is 333 g/mol. The fraction of sp³-hybridized carbons (Fsp3) is 0.478. The standard InChI is InChI=1S/C23H27NO/c1-21-13-15(21)14-22(2)20-12-16(25-5)10-11-19(20)23(3,24(22)4)18-9-7-6-8-17(18)21/h6-12,15H,13-14H2,1-5H3. The smallest absolute Gasteiger partial charge is 0.119 e. The molecule has 1 aliphatic carbocycles. The minimum absolute atomic E-state index is 0.0502. The second-order valence-corrected chi connectivity index (χ2v) is 8.88. The van der Waals surface area contributed by atoms with E-state index in [1.165, 1.54) is 29.5 Å². The van der Waals surface area contributed by atoms with Crippen molar-refractivity contribution in [1.82, 2.24) is 4.90 Å². The predicted octanol–water partition coefficient (Wildman–Crippen LogP) is 4.80. The van der Waals surface area contributed by atoms with Crippen molar-refractivity contribution in [3.05, 3.63) is 64.7 Å². The first kappa shape index (κ1) is 15.5. The second kappa shape index (κ2) is 4.48. The van der Waals surface area contributed by atoms with Crippen molar-refractivity contribution in [2.45, 2.75) is 50.1 Å². The van der Waals surface area contributed by atoms with Gasteiger partial charge in [0.1, 0.15) is 5.75 Å². The van der Waals surface area contributed by atoms with Gasteiger partial charge in [0.2, 0.25) is 0 Å². The third kappa shape index (κ3) is 1.65. The second-order valence-electron chi connectivity index (χ2n) is 8.88. The van der Waals surface area contributed by atoms with Crippen molar-refractivity contribution in [3.8, 4) is 5.75 Å². The van der Waals surface area contributed by atoms with Gasteiger partial charge in [-0.05, 0) is 79.5 Å². The van der Waals surface area contributed by atoms with E-state index in [4.69, 9.17) is 4.74 Å². The van der Waals surface area contributed by atoms with E-state index >= 15 is 0 Å². The quantitative estimate of drug-likeness (QED) is 0.743. The van der Waals surface area contributed by atoms with E-state index in [9.17, 15) is 0 Å². The number of benzene rings is 2. The van der Waals surface area contributed by atoms with E-state index in [0.29, 0.717) is 5.41 Å². The number of fused-ring (bicyclic) bond motifs is 9. The molecule has 2 aliphatic heterocycles. The molecule has 0 saturated heterocycles. The van der Waals surface area contributed by atoms with Gasteiger partial charge in [-0.25, -0.2) is 0 Å². The lowest BCUT2D eigenvalue weighted by molar-refractivity contribution is 0.0547. The molecule has 2 heterocycles. The summed E-state index contributed by atoms with van der Waals surface area (Å²) in [7, 11) is 4.08. The van der Waals surface area contributed by atoms with E-state index < -0.39 is 0 Å². The van der Waals surface area contributed by atoms with Gasteiger partial charge in [0.05, 0.1) is 12.6 Å². The monoisotopic (exact) mass is 333 g/mol. The summed E-state index contributed by atoms with van der Waals surface area (Å²) in [5, 5.41) is 0. The third-order valence-corrected chi connectivity index (χ3v) is 7.86. The molecule has 0 aromatic heterocycles. The molecule has 25 heavy (non-hydrogen) atoms. The van der Waals surface area contributed by atoms with Gasteiger partial charge < -0.3 is 4.74 Å². The van der Waals surface area contributed by atoms with Gasteiger partial charge in [0.15, 0.2) is 0 Å². The SMILES string of the molecule is COc1ccc2c(c1)C1(C)CC3CC3(C)c3ccccc3C2(C)N1C. The van der Waals surface area contributed by atoms with Crippen LogP contribution in [0.1, 0.15) is 55.9 Å². The summed E-state index contributed by atoms with van der Waals surface area (Å²) in [6.45, 7) is 7.32. The lowest BCUT2D eigenvalue weighted by Crippen LogP contribution is -2.48. The maximum Gasteiger partial charge on any atom is 0.119 e. The van der Waals surface area contributed by atoms with Gasteiger partial charge in [0, 0.05) is 5.54 Å². The normalized spacial score (nSPS) is 38.2.